The molecular formula is C14H21F3N4O. The molecule has 1 aromatic heterocycles. The smallest absolute Gasteiger partial charge is 0.390 e. The Morgan fingerprint density at radius 3 is 2.55 bits per heavy atom. The van der Waals surface area contributed by atoms with Crippen molar-refractivity contribution in [2.24, 2.45) is 4.99 Å². The minimum Gasteiger partial charge on any atom is -0.496 e. The maximum atomic E-state index is 12.1. The maximum Gasteiger partial charge on any atom is 0.390 e. The van der Waals surface area contributed by atoms with Crippen LogP contribution >= 0.6 is 0 Å². The van der Waals surface area contributed by atoms with E-state index in [1.54, 1.807) is 13.3 Å². The number of aryl methyl sites for hydroxylation is 1. The molecule has 1 heterocycles. The first kappa shape index (κ1) is 18.1. The minimum absolute atomic E-state index is 0.229. The standard InChI is InChI=1S/C14H21F3N4O/c1-9-7-20-11(10(2)12(9)22-4)8-21-13(18-3)19-6-5-14(15,16)17/h7H,5-6,8H2,1-4H3,(H2,18,19,21). The Hall–Kier alpha value is -1.99. The number of aromatic nitrogens is 1. The summed E-state index contributed by atoms with van der Waals surface area (Å²) in [4.78, 5) is 8.19. The van der Waals surface area contributed by atoms with Crippen LogP contribution in [0.4, 0.5) is 13.2 Å². The summed E-state index contributed by atoms with van der Waals surface area (Å²) in [5, 5.41) is 5.55. The van der Waals surface area contributed by atoms with Gasteiger partial charge in [0, 0.05) is 30.9 Å². The van der Waals surface area contributed by atoms with E-state index in [2.05, 4.69) is 20.6 Å². The summed E-state index contributed by atoms with van der Waals surface area (Å²) in [6, 6.07) is 0. The van der Waals surface area contributed by atoms with Crippen LogP contribution < -0.4 is 15.4 Å². The highest BCUT2D eigenvalue weighted by molar-refractivity contribution is 5.79. The van der Waals surface area contributed by atoms with Crippen LogP contribution in [0.25, 0.3) is 0 Å². The minimum atomic E-state index is -4.19. The first-order valence-corrected chi connectivity index (χ1v) is 6.78. The summed E-state index contributed by atoms with van der Waals surface area (Å²) < 4.78 is 41.6. The molecule has 0 atom stereocenters. The molecule has 0 amide bonds. The topological polar surface area (TPSA) is 58.5 Å². The van der Waals surface area contributed by atoms with E-state index in [0.717, 1.165) is 22.6 Å². The third kappa shape index (κ3) is 5.42. The van der Waals surface area contributed by atoms with Crippen LogP contribution in [0.2, 0.25) is 0 Å². The summed E-state index contributed by atoms with van der Waals surface area (Å²) >= 11 is 0. The number of methoxy groups -OCH3 is 1. The summed E-state index contributed by atoms with van der Waals surface area (Å²) in [6.07, 6.45) is -3.40. The van der Waals surface area contributed by atoms with E-state index in [0.29, 0.717) is 12.5 Å². The van der Waals surface area contributed by atoms with Crippen LogP contribution in [0.5, 0.6) is 5.75 Å². The zero-order valence-corrected chi connectivity index (χ0v) is 13.1. The lowest BCUT2D eigenvalue weighted by Gasteiger charge is -2.15. The monoisotopic (exact) mass is 318 g/mol. The second-order valence-electron chi connectivity index (χ2n) is 4.76. The van der Waals surface area contributed by atoms with E-state index >= 15 is 0 Å². The SMILES string of the molecule is CN=C(NCCC(F)(F)F)NCc1ncc(C)c(OC)c1C. The number of ether oxygens (including phenoxy) is 1. The lowest BCUT2D eigenvalue weighted by molar-refractivity contribution is -0.132. The van der Waals surface area contributed by atoms with E-state index < -0.39 is 12.6 Å². The van der Waals surface area contributed by atoms with E-state index in [-0.39, 0.29) is 6.54 Å². The van der Waals surface area contributed by atoms with Crippen LogP contribution in [0.3, 0.4) is 0 Å². The molecular weight excluding hydrogens is 297 g/mol. The van der Waals surface area contributed by atoms with Gasteiger partial charge >= 0.3 is 6.18 Å². The number of halogens is 3. The fraction of sp³-hybridized carbons (Fsp3) is 0.571. The van der Waals surface area contributed by atoms with Gasteiger partial charge in [-0.2, -0.15) is 13.2 Å². The largest absolute Gasteiger partial charge is 0.496 e. The van der Waals surface area contributed by atoms with Crippen molar-refractivity contribution < 1.29 is 17.9 Å². The Morgan fingerprint density at radius 2 is 2.00 bits per heavy atom. The first-order valence-electron chi connectivity index (χ1n) is 6.78. The van der Waals surface area contributed by atoms with Gasteiger partial charge in [-0.25, -0.2) is 0 Å². The summed E-state index contributed by atoms with van der Waals surface area (Å²) in [5.74, 6) is 1.05. The Labute approximate surface area is 128 Å². The van der Waals surface area contributed by atoms with Crippen LogP contribution in [-0.4, -0.2) is 37.8 Å². The second-order valence-corrected chi connectivity index (χ2v) is 4.76. The van der Waals surface area contributed by atoms with Crippen molar-refractivity contribution in [1.82, 2.24) is 15.6 Å². The van der Waals surface area contributed by atoms with Crippen molar-refractivity contribution in [3.05, 3.63) is 23.0 Å². The van der Waals surface area contributed by atoms with Gasteiger partial charge in [-0.05, 0) is 13.8 Å². The molecule has 2 N–H and O–H groups in total. The average Bonchev–Trinajstić information content (AvgIpc) is 2.43. The number of nitrogens with one attached hydrogen (secondary N) is 2. The van der Waals surface area contributed by atoms with Gasteiger partial charge in [0.1, 0.15) is 5.75 Å². The number of hydrogen-bond donors (Lipinski definition) is 2. The van der Waals surface area contributed by atoms with Crippen LogP contribution in [0, 0.1) is 13.8 Å². The van der Waals surface area contributed by atoms with Crippen LogP contribution in [0.15, 0.2) is 11.2 Å². The van der Waals surface area contributed by atoms with Gasteiger partial charge in [-0.3, -0.25) is 9.98 Å². The average molecular weight is 318 g/mol. The van der Waals surface area contributed by atoms with Gasteiger partial charge in [0.2, 0.25) is 0 Å². The van der Waals surface area contributed by atoms with E-state index in [1.165, 1.54) is 7.05 Å². The van der Waals surface area contributed by atoms with E-state index in [1.807, 2.05) is 13.8 Å². The first-order chi connectivity index (χ1) is 10.3. The van der Waals surface area contributed by atoms with Crippen molar-refractivity contribution in [2.45, 2.75) is 33.0 Å². The molecule has 22 heavy (non-hydrogen) atoms. The van der Waals surface area contributed by atoms with Gasteiger partial charge in [0.05, 0.1) is 25.8 Å². The fourth-order valence-corrected chi connectivity index (χ4v) is 1.96. The Kier molecular flexibility index (Phi) is 6.45. The summed E-state index contributed by atoms with van der Waals surface area (Å²) in [6.45, 7) is 3.89. The number of pyridine rings is 1. The number of alkyl halides is 3. The number of aliphatic imine (C=N–C) groups is 1. The van der Waals surface area contributed by atoms with Crippen molar-refractivity contribution in [3.63, 3.8) is 0 Å². The molecule has 8 heteroatoms. The highest BCUT2D eigenvalue weighted by atomic mass is 19.4. The molecule has 0 aliphatic carbocycles. The molecule has 0 saturated carbocycles. The van der Waals surface area contributed by atoms with E-state index in [4.69, 9.17) is 4.74 Å². The highest BCUT2D eigenvalue weighted by Gasteiger charge is 2.26. The quantitative estimate of drug-likeness (QED) is 0.646. The summed E-state index contributed by atoms with van der Waals surface area (Å²) in [5.41, 5.74) is 2.57. The Morgan fingerprint density at radius 1 is 1.32 bits per heavy atom. The Bertz CT molecular complexity index is 530. The predicted octanol–water partition coefficient (Wildman–Crippen LogP) is 2.32. The molecule has 5 nitrogen and oxygen atoms in total. The van der Waals surface area contributed by atoms with Gasteiger partial charge < -0.3 is 15.4 Å². The van der Waals surface area contributed by atoms with Gasteiger partial charge in [0.15, 0.2) is 5.96 Å². The van der Waals surface area contributed by atoms with Gasteiger partial charge in [-0.15, -0.1) is 0 Å². The lowest BCUT2D eigenvalue weighted by atomic mass is 10.1. The number of nitrogens with zero attached hydrogens (tertiary/aromatic N) is 2. The molecule has 124 valence electrons. The second kappa shape index (κ2) is 7.86. The molecule has 0 bridgehead atoms. The third-order valence-electron chi connectivity index (χ3n) is 3.10. The molecule has 1 rings (SSSR count). The molecule has 0 unspecified atom stereocenters. The van der Waals surface area contributed by atoms with E-state index in [9.17, 15) is 13.2 Å². The van der Waals surface area contributed by atoms with Crippen LogP contribution in [0.1, 0.15) is 23.2 Å². The van der Waals surface area contributed by atoms with Crippen molar-refractivity contribution in [3.8, 4) is 5.75 Å². The Balaban J connectivity index is 2.61. The molecule has 1 aromatic rings. The predicted molar refractivity (Wildman–Crippen MR) is 79.1 cm³/mol. The van der Waals surface area contributed by atoms with Crippen molar-refractivity contribution >= 4 is 5.96 Å². The molecule has 0 aromatic carbocycles. The fourth-order valence-electron chi connectivity index (χ4n) is 1.96. The van der Waals surface area contributed by atoms with Crippen molar-refractivity contribution in [1.29, 1.82) is 0 Å². The van der Waals surface area contributed by atoms with Gasteiger partial charge in [-0.1, -0.05) is 0 Å². The molecule has 0 spiro atoms. The molecule has 0 fully saturated rings. The van der Waals surface area contributed by atoms with Crippen LogP contribution in [-0.2, 0) is 6.54 Å². The molecule has 0 saturated heterocycles. The molecule has 0 aliphatic heterocycles. The third-order valence-corrected chi connectivity index (χ3v) is 3.10. The zero-order chi connectivity index (χ0) is 16.8. The number of hydrogen-bond acceptors (Lipinski definition) is 3. The highest BCUT2D eigenvalue weighted by Crippen LogP contribution is 2.23. The number of guanidine groups is 1. The number of rotatable bonds is 5. The maximum absolute atomic E-state index is 12.1. The molecule has 0 radical (unpaired) electrons. The lowest BCUT2D eigenvalue weighted by Crippen LogP contribution is -2.38. The molecule has 0 aliphatic rings. The zero-order valence-electron chi connectivity index (χ0n) is 13.1. The normalized spacial score (nSPS) is 12.2. The van der Waals surface area contributed by atoms with Crippen molar-refractivity contribution in [2.75, 3.05) is 20.7 Å². The van der Waals surface area contributed by atoms with Gasteiger partial charge in [0.25, 0.3) is 0 Å². The summed E-state index contributed by atoms with van der Waals surface area (Å²) in [7, 11) is 3.09.